The highest BCUT2D eigenvalue weighted by atomic mass is 79.9. The van der Waals surface area contributed by atoms with Gasteiger partial charge in [-0.25, -0.2) is 0 Å². The van der Waals surface area contributed by atoms with Crippen molar-refractivity contribution in [3.05, 3.63) is 58.9 Å². The molecule has 3 nitrogen and oxygen atoms in total. The normalized spacial score (nSPS) is 11.0. The average molecular weight is 403 g/mol. The van der Waals surface area contributed by atoms with Crippen LogP contribution in [-0.2, 0) is 23.9 Å². The number of anilines is 1. The van der Waals surface area contributed by atoms with Crippen molar-refractivity contribution in [2.45, 2.75) is 33.0 Å². The summed E-state index contributed by atoms with van der Waals surface area (Å²) >= 11 is 0. The Morgan fingerprint density at radius 1 is 1.17 bits per heavy atom. The summed E-state index contributed by atoms with van der Waals surface area (Å²) in [5, 5.41) is 0. The molecular weight excluding hydrogens is 385 g/mol. The number of ketones is 1. The van der Waals surface area contributed by atoms with Crippen molar-refractivity contribution in [3.63, 3.8) is 0 Å². The number of carbonyl (C=O) groups excluding carboxylic acids is 1. The summed E-state index contributed by atoms with van der Waals surface area (Å²) in [5.74, 6) is -0.175. The second kappa shape index (κ2) is 7.79. The summed E-state index contributed by atoms with van der Waals surface area (Å²) in [6.07, 6.45) is -2.08. The third-order valence-electron chi connectivity index (χ3n) is 3.65. The second-order valence-corrected chi connectivity index (χ2v) is 5.61. The number of aromatic nitrogens is 1. The highest BCUT2D eigenvalue weighted by molar-refractivity contribution is 5.80. The zero-order valence-electron chi connectivity index (χ0n) is 13.3. The summed E-state index contributed by atoms with van der Waals surface area (Å²) < 4.78 is 39.5. The molecule has 0 aliphatic carbocycles. The molecule has 0 bridgehead atoms. The van der Waals surface area contributed by atoms with Gasteiger partial charge in [-0.1, -0.05) is 18.2 Å². The molecule has 1 heterocycles. The third kappa shape index (κ3) is 5.06. The fourth-order valence-corrected chi connectivity index (χ4v) is 2.49. The molecule has 2 aromatic rings. The van der Waals surface area contributed by atoms with Gasteiger partial charge in [0.25, 0.3) is 0 Å². The number of nitrogens with zero attached hydrogens (tertiary/aromatic N) is 1. The van der Waals surface area contributed by atoms with Gasteiger partial charge in [-0.3, -0.25) is 4.79 Å². The maximum Gasteiger partial charge on any atom is 0.422 e. The van der Waals surface area contributed by atoms with Gasteiger partial charge in [-0.2, -0.15) is 17.7 Å². The number of benzene rings is 1. The number of pyridine rings is 1. The van der Waals surface area contributed by atoms with Gasteiger partial charge in [0.15, 0.2) is 12.4 Å². The van der Waals surface area contributed by atoms with E-state index in [0.29, 0.717) is 0 Å². The third-order valence-corrected chi connectivity index (χ3v) is 3.65. The molecule has 0 saturated carbocycles. The van der Waals surface area contributed by atoms with Crippen LogP contribution in [0.2, 0.25) is 0 Å². The van der Waals surface area contributed by atoms with Crippen LogP contribution in [0.5, 0.6) is 0 Å². The van der Waals surface area contributed by atoms with E-state index in [2.05, 4.69) is 0 Å². The topological polar surface area (TPSA) is 47.0 Å². The van der Waals surface area contributed by atoms with Crippen molar-refractivity contribution >= 4 is 11.5 Å². The number of alkyl halides is 3. The van der Waals surface area contributed by atoms with Crippen molar-refractivity contribution in [1.29, 1.82) is 0 Å². The van der Waals surface area contributed by atoms with E-state index < -0.39 is 11.7 Å². The number of aryl methyl sites for hydroxylation is 2. The maximum absolute atomic E-state index is 12.8. The van der Waals surface area contributed by atoms with Gasteiger partial charge in [0.1, 0.15) is 5.56 Å². The van der Waals surface area contributed by atoms with Gasteiger partial charge in [-0.15, -0.1) is 0 Å². The number of nitrogens with two attached hydrogens (primary N) is 1. The molecule has 0 fully saturated rings. The van der Waals surface area contributed by atoms with Crippen LogP contribution in [0.4, 0.5) is 18.9 Å². The second-order valence-electron chi connectivity index (χ2n) is 5.61. The lowest BCUT2D eigenvalue weighted by Gasteiger charge is -2.09. The largest absolute Gasteiger partial charge is 1.00 e. The Balaban J connectivity index is 0.00000288. The van der Waals surface area contributed by atoms with Crippen molar-refractivity contribution in [2.24, 2.45) is 0 Å². The predicted molar refractivity (Wildman–Crippen MR) is 80.7 cm³/mol. The highest BCUT2D eigenvalue weighted by Crippen LogP contribution is 2.29. The zero-order valence-corrected chi connectivity index (χ0v) is 14.9. The number of Topliss-reactive ketones (excluding diaryl/α,β-unsaturated/α-hetero) is 1. The zero-order chi connectivity index (χ0) is 17.2. The van der Waals surface area contributed by atoms with E-state index in [4.69, 9.17) is 5.73 Å². The van der Waals surface area contributed by atoms with E-state index in [1.165, 1.54) is 10.8 Å². The van der Waals surface area contributed by atoms with Crippen LogP contribution in [0, 0.1) is 13.8 Å². The number of hydrogen-bond donors (Lipinski definition) is 1. The van der Waals surface area contributed by atoms with E-state index in [-0.39, 0.29) is 41.4 Å². The van der Waals surface area contributed by atoms with E-state index >= 15 is 0 Å². The minimum Gasteiger partial charge on any atom is -1.00 e. The number of halogens is 4. The first-order valence-corrected chi connectivity index (χ1v) is 7.10. The fourth-order valence-electron chi connectivity index (χ4n) is 2.49. The van der Waals surface area contributed by atoms with E-state index in [1.54, 1.807) is 0 Å². The van der Waals surface area contributed by atoms with Crippen LogP contribution < -0.4 is 27.3 Å². The van der Waals surface area contributed by atoms with Crippen LogP contribution in [0.1, 0.15) is 22.3 Å². The number of rotatable bonds is 4. The molecule has 0 atom stereocenters. The molecule has 130 valence electrons. The van der Waals surface area contributed by atoms with Crippen LogP contribution >= 0.6 is 0 Å². The lowest BCUT2D eigenvalue weighted by molar-refractivity contribution is -0.684. The Morgan fingerprint density at radius 2 is 1.75 bits per heavy atom. The van der Waals surface area contributed by atoms with Crippen molar-refractivity contribution < 1.29 is 39.5 Å². The number of hydrogen-bond acceptors (Lipinski definition) is 2. The minimum atomic E-state index is -4.49. The first-order chi connectivity index (χ1) is 10.7. The van der Waals surface area contributed by atoms with Crippen LogP contribution in [0.3, 0.4) is 0 Å². The number of carbonyl (C=O) groups is 1. The molecule has 0 spiro atoms. The average Bonchev–Trinajstić information content (AvgIpc) is 2.41. The maximum atomic E-state index is 12.8. The lowest BCUT2D eigenvalue weighted by atomic mass is 9.98. The number of nitrogen functional groups attached to an aromatic ring is 1. The van der Waals surface area contributed by atoms with Crippen LogP contribution in [0.25, 0.3) is 0 Å². The Bertz CT molecular complexity index is 725. The summed E-state index contributed by atoms with van der Waals surface area (Å²) in [5.41, 5.74) is 7.51. The molecule has 7 heteroatoms. The Kier molecular flexibility index (Phi) is 6.54. The first-order valence-electron chi connectivity index (χ1n) is 7.10. The van der Waals surface area contributed by atoms with Gasteiger partial charge in [-0.05, 0) is 36.6 Å². The molecular formula is C17H18BrF3N2O. The smallest absolute Gasteiger partial charge is 0.422 e. The quantitative estimate of drug-likeness (QED) is 0.732. The summed E-state index contributed by atoms with van der Waals surface area (Å²) in [6, 6.07) is 6.57. The minimum absolute atomic E-state index is 0. The van der Waals surface area contributed by atoms with Crippen LogP contribution in [-0.4, -0.2) is 5.78 Å². The molecule has 0 aliphatic heterocycles. The monoisotopic (exact) mass is 402 g/mol. The molecule has 0 radical (unpaired) electrons. The predicted octanol–water partition coefficient (Wildman–Crippen LogP) is 0.00774. The summed E-state index contributed by atoms with van der Waals surface area (Å²) in [6.45, 7) is 3.66. The summed E-state index contributed by atoms with van der Waals surface area (Å²) in [4.78, 5) is 12.2. The van der Waals surface area contributed by atoms with Gasteiger partial charge in [0, 0.05) is 6.42 Å². The van der Waals surface area contributed by atoms with E-state index in [1.807, 2.05) is 32.0 Å². The molecule has 0 aliphatic rings. The van der Waals surface area contributed by atoms with E-state index in [0.717, 1.165) is 29.0 Å². The Labute approximate surface area is 149 Å². The standard InChI is InChI=1S/C17H18F3N2O.BrH/c1-11-4-3-5-12(2)16(11)7-15(23)10-22-8-13(17(18,19)20)6-14(21)9-22;/h3-6,8-9H,7,10,21H2,1-2H3;1H/q+1;/p-1. The van der Waals surface area contributed by atoms with Crippen molar-refractivity contribution in [3.8, 4) is 0 Å². The molecule has 0 saturated heterocycles. The summed E-state index contributed by atoms with van der Waals surface area (Å²) in [7, 11) is 0. The Morgan fingerprint density at radius 3 is 2.29 bits per heavy atom. The molecule has 1 aromatic heterocycles. The van der Waals surface area contributed by atoms with Gasteiger partial charge < -0.3 is 22.7 Å². The van der Waals surface area contributed by atoms with Gasteiger partial charge in [0.2, 0.25) is 12.3 Å². The van der Waals surface area contributed by atoms with Gasteiger partial charge >= 0.3 is 6.18 Å². The lowest BCUT2D eigenvalue weighted by Crippen LogP contribution is -3.00. The Hall–Kier alpha value is -1.89. The molecule has 2 rings (SSSR count). The van der Waals surface area contributed by atoms with E-state index in [9.17, 15) is 18.0 Å². The molecule has 0 unspecified atom stereocenters. The highest BCUT2D eigenvalue weighted by Gasteiger charge is 2.34. The first kappa shape index (κ1) is 20.2. The molecule has 0 amide bonds. The molecule has 2 N–H and O–H groups in total. The van der Waals surface area contributed by atoms with Gasteiger partial charge in [0.05, 0.1) is 5.69 Å². The van der Waals surface area contributed by atoms with Crippen molar-refractivity contribution in [2.75, 3.05) is 5.73 Å². The SMILES string of the molecule is Cc1cccc(C)c1CC(=O)C[n+]1cc(N)cc(C(F)(F)F)c1.[Br-]. The molecule has 24 heavy (non-hydrogen) atoms. The van der Waals surface area contributed by atoms with Crippen LogP contribution in [0.15, 0.2) is 36.7 Å². The molecule has 1 aromatic carbocycles. The van der Waals surface area contributed by atoms with Crippen molar-refractivity contribution in [1.82, 2.24) is 0 Å². The fraction of sp³-hybridized carbons (Fsp3) is 0.294.